The van der Waals surface area contributed by atoms with E-state index in [0.717, 1.165) is 44.9 Å². The highest BCUT2D eigenvalue weighted by Crippen LogP contribution is 2.18. The number of carbonyl (C=O) groups excluding carboxylic acids is 2. The van der Waals surface area contributed by atoms with Gasteiger partial charge in [-0.3, -0.25) is 9.59 Å². The van der Waals surface area contributed by atoms with Crippen LogP contribution in [-0.4, -0.2) is 47.4 Å². The van der Waals surface area contributed by atoms with Gasteiger partial charge in [0.1, 0.15) is 0 Å². The van der Waals surface area contributed by atoms with Crippen LogP contribution in [0.1, 0.15) is 341 Å². The molecule has 67 heavy (non-hydrogen) atoms. The van der Waals surface area contributed by atoms with Crippen LogP contribution in [0.15, 0.2) is 12.2 Å². The van der Waals surface area contributed by atoms with Gasteiger partial charge in [-0.1, -0.05) is 289 Å². The van der Waals surface area contributed by atoms with Crippen LogP contribution in [-0.2, 0) is 14.3 Å². The molecule has 3 N–H and O–H groups in total. The van der Waals surface area contributed by atoms with E-state index in [-0.39, 0.29) is 18.5 Å². The summed E-state index contributed by atoms with van der Waals surface area (Å²) < 4.78 is 5.48. The van der Waals surface area contributed by atoms with E-state index in [4.69, 9.17) is 4.74 Å². The molecule has 0 fully saturated rings. The minimum absolute atomic E-state index is 0.00162. The van der Waals surface area contributed by atoms with Crippen LogP contribution in [0, 0.1) is 0 Å². The lowest BCUT2D eigenvalue weighted by molar-refractivity contribution is -0.143. The molecule has 1 amide bonds. The van der Waals surface area contributed by atoms with Gasteiger partial charge in [-0.2, -0.15) is 0 Å². The van der Waals surface area contributed by atoms with Gasteiger partial charge in [0, 0.05) is 12.8 Å². The van der Waals surface area contributed by atoms with E-state index >= 15 is 0 Å². The SMILES string of the molecule is CCCCCCCC/C=C\CCCCCCCCCC(=O)OCCCCCCCCCCCCCCCCCC(=O)NC(CO)C(O)CCCCCCCCCCCCCCCCCCCC. The number of aliphatic hydroxyl groups is 2. The van der Waals surface area contributed by atoms with E-state index in [1.165, 1.54) is 263 Å². The van der Waals surface area contributed by atoms with Crippen molar-refractivity contribution in [2.45, 2.75) is 353 Å². The number of carbonyl (C=O) groups is 2. The third-order valence-electron chi connectivity index (χ3n) is 14.3. The highest BCUT2D eigenvalue weighted by Gasteiger charge is 2.20. The van der Waals surface area contributed by atoms with Crippen molar-refractivity contribution in [1.29, 1.82) is 0 Å². The predicted octanol–water partition coefficient (Wildman–Crippen LogP) is 18.9. The molecule has 0 radical (unpaired) electrons. The topological polar surface area (TPSA) is 95.9 Å². The summed E-state index contributed by atoms with van der Waals surface area (Å²) in [5, 5.41) is 23.3. The molecule has 6 heteroatoms. The molecular formula is C61H119NO5. The number of hydrogen-bond donors (Lipinski definition) is 3. The van der Waals surface area contributed by atoms with Crippen molar-refractivity contribution < 1.29 is 24.5 Å². The lowest BCUT2D eigenvalue weighted by atomic mass is 10.0. The van der Waals surface area contributed by atoms with Gasteiger partial charge in [-0.25, -0.2) is 0 Å². The molecule has 0 saturated heterocycles. The van der Waals surface area contributed by atoms with Crippen molar-refractivity contribution >= 4 is 11.9 Å². The summed E-state index contributed by atoms with van der Waals surface area (Å²) in [6.07, 6.45) is 67.7. The molecule has 0 saturated carbocycles. The van der Waals surface area contributed by atoms with Crippen molar-refractivity contribution in [3.63, 3.8) is 0 Å². The highest BCUT2D eigenvalue weighted by molar-refractivity contribution is 5.76. The van der Waals surface area contributed by atoms with E-state index in [2.05, 4.69) is 31.3 Å². The van der Waals surface area contributed by atoms with Crippen LogP contribution in [0.5, 0.6) is 0 Å². The Morgan fingerprint density at radius 3 is 1.06 bits per heavy atom. The summed E-state index contributed by atoms with van der Waals surface area (Å²) in [5.41, 5.74) is 0. The molecule has 6 nitrogen and oxygen atoms in total. The molecule has 0 bridgehead atoms. The first-order chi connectivity index (χ1) is 33.0. The second-order valence-corrected chi connectivity index (χ2v) is 21.0. The van der Waals surface area contributed by atoms with Crippen LogP contribution in [0.4, 0.5) is 0 Å². The molecule has 0 aromatic carbocycles. The van der Waals surface area contributed by atoms with Crippen molar-refractivity contribution in [2.75, 3.05) is 13.2 Å². The number of ether oxygens (including phenoxy) is 1. The van der Waals surface area contributed by atoms with Crippen molar-refractivity contribution in [1.82, 2.24) is 5.32 Å². The highest BCUT2D eigenvalue weighted by atomic mass is 16.5. The lowest BCUT2D eigenvalue weighted by Crippen LogP contribution is -2.45. The molecule has 2 unspecified atom stereocenters. The van der Waals surface area contributed by atoms with Gasteiger partial charge in [-0.15, -0.1) is 0 Å². The number of aliphatic hydroxyl groups excluding tert-OH is 2. The number of unbranched alkanes of at least 4 members (excludes halogenated alkanes) is 44. The van der Waals surface area contributed by atoms with Gasteiger partial charge in [0.15, 0.2) is 0 Å². The van der Waals surface area contributed by atoms with Crippen molar-refractivity contribution in [3.8, 4) is 0 Å². The Hall–Kier alpha value is -1.40. The Morgan fingerprint density at radius 1 is 0.403 bits per heavy atom. The third kappa shape index (κ3) is 53.8. The summed E-state index contributed by atoms with van der Waals surface area (Å²) in [4.78, 5) is 24.6. The van der Waals surface area contributed by atoms with Gasteiger partial charge in [-0.05, 0) is 51.4 Å². The Balaban J connectivity index is 3.42. The Kier molecular flexibility index (Phi) is 56.0. The summed E-state index contributed by atoms with van der Waals surface area (Å²) in [7, 11) is 0. The van der Waals surface area contributed by atoms with Crippen molar-refractivity contribution in [3.05, 3.63) is 12.2 Å². The van der Waals surface area contributed by atoms with Gasteiger partial charge >= 0.3 is 5.97 Å². The second-order valence-electron chi connectivity index (χ2n) is 21.0. The summed E-state index contributed by atoms with van der Waals surface area (Å²) in [6.45, 7) is 4.96. The summed E-state index contributed by atoms with van der Waals surface area (Å²) in [6, 6.07) is -0.548. The normalized spacial score (nSPS) is 12.6. The van der Waals surface area contributed by atoms with Crippen LogP contribution < -0.4 is 5.32 Å². The predicted molar refractivity (Wildman–Crippen MR) is 292 cm³/mol. The zero-order valence-corrected chi connectivity index (χ0v) is 45.4. The molecule has 0 spiro atoms. The maximum Gasteiger partial charge on any atom is 0.305 e. The maximum absolute atomic E-state index is 12.5. The number of amides is 1. The average Bonchev–Trinajstić information content (AvgIpc) is 3.33. The Morgan fingerprint density at radius 2 is 0.701 bits per heavy atom. The second kappa shape index (κ2) is 57.2. The van der Waals surface area contributed by atoms with Crippen LogP contribution in [0.25, 0.3) is 0 Å². The number of esters is 1. The fraction of sp³-hybridized carbons (Fsp3) is 0.934. The molecule has 2 atom stereocenters. The molecule has 0 aliphatic rings. The molecular weight excluding hydrogens is 827 g/mol. The van der Waals surface area contributed by atoms with Crippen molar-refractivity contribution in [2.24, 2.45) is 0 Å². The molecule has 0 aromatic rings. The maximum atomic E-state index is 12.5. The molecule has 0 aliphatic carbocycles. The molecule has 398 valence electrons. The first-order valence-electron chi connectivity index (χ1n) is 30.4. The fourth-order valence-electron chi connectivity index (χ4n) is 9.64. The quantitative estimate of drug-likeness (QED) is 0.0321. The van der Waals surface area contributed by atoms with Crippen LogP contribution in [0.3, 0.4) is 0 Å². The summed E-state index contributed by atoms with van der Waals surface area (Å²) >= 11 is 0. The van der Waals surface area contributed by atoms with Gasteiger partial charge in [0.25, 0.3) is 0 Å². The standard InChI is InChI=1S/C61H119NO5/c1-3-5-7-9-11-13-15-17-19-21-23-25-29-33-37-41-45-49-53-59(64)58(57-63)62-60(65)54-50-46-42-38-34-30-26-24-28-32-36-40-44-48-52-56-67-61(66)55-51-47-43-39-35-31-27-22-20-18-16-14-12-10-8-6-4-2/h18,20,58-59,63-64H,3-17,19,21-57H2,1-2H3,(H,62,65)/b20-18-. The minimum Gasteiger partial charge on any atom is -0.466 e. The Bertz CT molecular complexity index is 1000. The lowest BCUT2D eigenvalue weighted by Gasteiger charge is -2.22. The van der Waals surface area contributed by atoms with Crippen LogP contribution in [0.2, 0.25) is 0 Å². The Labute approximate surface area is 419 Å². The smallest absolute Gasteiger partial charge is 0.305 e. The molecule has 0 heterocycles. The molecule has 0 aromatic heterocycles. The van der Waals surface area contributed by atoms with E-state index in [1.54, 1.807) is 0 Å². The van der Waals surface area contributed by atoms with E-state index in [1.807, 2.05) is 0 Å². The van der Waals surface area contributed by atoms with Crippen LogP contribution >= 0.6 is 0 Å². The zero-order chi connectivity index (χ0) is 48.6. The average molecular weight is 947 g/mol. The number of hydrogen-bond acceptors (Lipinski definition) is 5. The van der Waals surface area contributed by atoms with E-state index in [9.17, 15) is 19.8 Å². The fourth-order valence-corrected chi connectivity index (χ4v) is 9.64. The van der Waals surface area contributed by atoms with Gasteiger partial charge in [0.05, 0.1) is 25.4 Å². The van der Waals surface area contributed by atoms with Gasteiger partial charge in [0.2, 0.25) is 5.91 Å². The van der Waals surface area contributed by atoms with E-state index < -0.39 is 12.1 Å². The number of nitrogens with one attached hydrogen (secondary N) is 1. The molecule has 0 rings (SSSR count). The number of allylic oxidation sites excluding steroid dienone is 2. The zero-order valence-electron chi connectivity index (χ0n) is 45.4. The van der Waals surface area contributed by atoms with E-state index in [0.29, 0.717) is 25.9 Å². The van der Waals surface area contributed by atoms with Gasteiger partial charge < -0.3 is 20.3 Å². The third-order valence-corrected chi connectivity index (χ3v) is 14.3. The summed E-state index contributed by atoms with van der Waals surface area (Å²) in [5.74, 6) is -0.0420. The first kappa shape index (κ1) is 65.6. The first-order valence-corrected chi connectivity index (χ1v) is 30.4. The monoisotopic (exact) mass is 946 g/mol. The molecule has 0 aliphatic heterocycles. The minimum atomic E-state index is -0.670. The largest absolute Gasteiger partial charge is 0.466 e. The number of rotatable bonds is 57.